The van der Waals surface area contributed by atoms with Gasteiger partial charge in [0.05, 0.1) is 15.6 Å². The van der Waals surface area contributed by atoms with Gasteiger partial charge in [-0.15, -0.1) is 0 Å². The molecule has 96 valence electrons. The van der Waals surface area contributed by atoms with Crippen LogP contribution < -0.4 is 0 Å². The summed E-state index contributed by atoms with van der Waals surface area (Å²) in [5.74, 6) is -0.369. The number of hydrogen-bond acceptors (Lipinski definition) is 2. The Kier molecular flexibility index (Phi) is 4.25. The number of benzene rings is 2. The maximum absolute atomic E-state index is 12.4. The lowest BCUT2D eigenvalue weighted by Crippen LogP contribution is -2.06. The van der Waals surface area contributed by atoms with E-state index in [9.17, 15) is 9.59 Å². The Morgan fingerprint density at radius 3 is 2.16 bits per heavy atom. The van der Waals surface area contributed by atoms with Crippen molar-refractivity contribution in [3.05, 3.63) is 68.2 Å². The van der Waals surface area contributed by atoms with E-state index in [2.05, 4.69) is 0 Å². The number of halogens is 3. The molecule has 0 unspecified atom stereocenters. The molecule has 0 aliphatic carbocycles. The van der Waals surface area contributed by atoms with Gasteiger partial charge in [0.2, 0.25) is 0 Å². The van der Waals surface area contributed by atoms with Crippen molar-refractivity contribution in [3.63, 3.8) is 0 Å². The largest absolute Gasteiger partial charge is 0.298 e. The Balaban J connectivity index is 2.58. The fraction of sp³-hybridized carbons (Fsp3) is 0. The van der Waals surface area contributed by atoms with Crippen LogP contribution in [0.1, 0.15) is 26.3 Å². The third-order valence-electron chi connectivity index (χ3n) is 2.59. The minimum Gasteiger partial charge on any atom is -0.298 e. The SMILES string of the molecule is O=Cc1ccc(Cl)c(Cl)c1C(=O)c1ccc(Cl)cc1. The van der Waals surface area contributed by atoms with Crippen LogP contribution in [0.3, 0.4) is 0 Å². The predicted molar refractivity (Wildman–Crippen MR) is 76.7 cm³/mol. The molecule has 2 rings (SSSR count). The van der Waals surface area contributed by atoms with Crippen molar-refractivity contribution in [2.24, 2.45) is 0 Å². The van der Waals surface area contributed by atoms with Crippen LogP contribution in [-0.4, -0.2) is 12.1 Å². The van der Waals surface area contributed by atoms with Gasteiger partial charge in [-0.1, -0.05) is 34.8 Å². The van der Waals surface area contributed by atoms with Crippen LogP contribution in [0.4, 0.5) is 0 Å². The molecule has 0 amide bonds. The smallest absolute Gasteiger partial charge is 0.195 e. The minimum absolute atomic E-state index is 0.0752. The predicted octanol–water partition coefficient (Wildman–Crippen LogP) is 4.69. The summed E-state index contributed by atoms with van der Waals surface area (Å²) in [5, 5.41) is 0.820. The highest BCUT2D eigenvalue weighted by Crippen LogP contribution is 2.30. The van der Waals surface area contributed by atoms with Crippen LogP contribution in [0.25, 0.3) is 0 Å². The van der Waals surface area contributed by atoms with Gasteiger partial charge in [0.25, 0.3) is 0 Å². The van der Waals surface area contributed by atoms with Crippen molar-refractivity contribution in [1.82, 2.24) is 0 Å². The van der Waals surface area contributed by atoms with E-state index >= 15 is 0 Å². The van der Waals surface area contributed by atoms with E-state index in [1.54, 1.807) is 24.3 Å². The molecule has 2 nitrogen and oxygen atoms in total. The Morgan fingerprint density at radius 2 is 1.58 bits per heavy atom. The second kappa shape index (κ2) is 5.74. The summed E-state index contributed by atoms with van der Waals surface area (Å²) in [4.78, 5) is 23.4. The summed E-state index contributed by atoms with van der Waals surface area (Å²) in [6, 6.07) is 9.26. The van der Waals surface area contributed by atoms with Crippen molar-refractivity contribution in [2.75, 3.05) is 0 Å². The summed E-state index contributed by atoms with van der Waals surface area (Å²) < 4.78 is 0. The summed E-state index contributed by atoms with van der Waals surface area (Å²) >= 11 is 17.7. The molecule has 0 bridgehead atoms. The van der Waals surface area contributed by atoms with Crippen LogP contribution >= 0.6 is 34.8 Å². The highest BCUT2D eigenvalue weighted by atomic mass is 35.5. The molecule has 0 heterocycles. The molecule has 5 heteroatoms. The molecule has 0 aromatic heterocycles. The monoisotopic (exact) mass is 312 g/mol. The maximum atomic E-state index is 12.4. The molecule has 0 saturated carbocycles. The second-order valence-electron chi connectivity index (χ2n) is 3.78. The lowest BCUT2D eigenvalue weighted by atomic mass is 9.99. The number of rotatable bonds is 3. The summed E-state index contributed by atoms with van der Waals surface area (Å²) in [6.45, 7) is 0. The van der Waals surface area contributed by atoms with E-state index in [1.807, 2.05) is 0 Å². The van der Waals surface area contributed by atoms with Gasteiger partial charge in [-0.05, 0) is 36.4 Å². The number of aldehydes is 1. The zero-order chi connectivity index (χ0) is 14.0. The molecule has 0 spiro atoms. The van der Waals surface area contributed by atoms with Crippen molar-refractivity contribution >= 4 is 46.9 Å². The zero-order valence-corrected chi connectivity index (χ0v) is 11.8. The molecular weight excluding hydrogens is 307 g/mol. The molecular formula is C14H7Cl3O2. The van der Waals surface area contributed by atoms with Crippen molar-refractivity contribution in [2.45, 2.75) is 0 Å². The Labute approximate surface area is 124 Å². The molecule has 0 aliphatic heterocycles. The van der Waals surface area contributed by atoms with Gasteiger partial charge in [0.1, 0.15) is 0 Å². The van der Waals surface area contributed by atoms with Gasteiger partial charge in [-0.25, -0.2) is 0 Å². The lowest BCUT2D eigenvalue weighted by molar-refractivity contribution is 0.102. The molecule has 0 radical (unpaired) electrons. The summed E-state index contributed by atoms with van der Waals surface area (Å²) in [6.07, 6.45) is 0.575. The van der Waals surface area contributed by atoms with Gasteiger partial charge < -0.3 is 0 Å². The first-order chi connectivity index (χ1) is 9.04. The summed E-state index contributed by atoms with van der Waals surface area (Å²) in [5.41, 5.74) is 0.692. The van der Waals surface area contributed by atoms with Crippen molar-refractivity contribution in [3.8, 4) is 0 Å². The first-order valence-electron chi connectivity index (χ1n) is 5.28. The number of hydrogen-bond donors (Lipinski definition) is 0. The topological polar surface area (TPSA) is 34.1 Å². The standard InChI is InChI=1S/C14H7Cl3O2/c15-10-4-1-8(2-5-10)14(19)12-9(7-18)3-6-11(16)13(12)17/h1-7H. The van der Waals surface area contributed by atoms with E-state index in [0.29, 0.717) is 16.9 Å². The van der Waals surface area contributed by atoms with Gasteiger partial charge in [-0.2, -0.15) is 0 Å². The molecule has 0 aliphatic rings. The van der Waals surface area contributed by atoms with E-state index in [-0.39, 0.29) is 27.0 Å². The minimum atomic E-state index is -0.369. The van der Waals surface area contributed by atoms with Crippen molar-refractivity contribution < 1.29 is 9.59 Å². The summed E-state index contributed by atoms with van der Waals surface area (Å²) in [7, 11) is 0. The average Bonchev–Trinajstić information content (AvgIpc) is 2.42. The number of carbonyl (C=O) groups excluding carboxylic acids is 2. The highest BCUT2D eigenvalue weighted by molar-refractivity contribution is 6.45. The fourth-order valence-corrected chi connectivity index (χ4v) is 2.18. The van der Waals surface area contributed by atoms with Crippen LogP contribution in [0, 0.1) is 0 Å². The van der Waals surface area contributed by atoms with Crippen molar-refractivity contribution in [1.29, 1.82) is 0 Å². The van der Waals surface area contributed by atoms with Crippen LogP contribution in [0.5, 0.6) is 0 Å². The Morgan fingerprint density at radius 1 is 0.947 bits per heavy atom. The molecule has 0 saturated heterocycles. The number of ketones is 1. The zero-order valence-electron chi connectivity index (χ0n) is 9.49. The highest BCUT2D eigenvalue weighted by Gasteiger charge is 2.19. The van der Waals surface area contributed by atoms with Gasteiger partial charge in [0, 0.05) is 16.1 Å². The second-order valence-corrected chi connectivity index (χ2v) is 5.00. The molecule has 0 atom stereocenters. The van der Waals surface area contributed by atoms with E-state index < -0.39 is 0 Å². The quantitative estimate of drug-likeness (QED) is 0.608. The van der Waals surface area contributed by atoms with Gasteiger partial charge in [0.15, 0.2) is 12.1 Å². The van der Waals surface area contributed by atoms with E-state index in [1.165, 1.54) is 12.1 Å². The third kappa shape index (κ3) is 2.81. The van der Waals surface area contributed by atoms with Gasteiger partial charge in [-0.3, -0.25) is 9.59 Å². The molecule has 2 aromatic rings. The van der Waals surface area contributed by atoms with E-state index in [4.69, 9.17) is 34.8 Å². The van der Waals surface area contributed by atoms with Crippen LogP contribution in [0.2, 0.25) is 15.1 Å². The lowest BCUT2D eigenvalue weighted by Gasteiger charge is -2.08. The first-order valence-corrected chi connectivity index (χ1v) is 6.41. The van der Waals surface area contributed by atoms with Crippen LogP contribution in [0.15, 0.2) is 36.4 Å². The first kappa shape index (κ1) is 14.1. The molecule has 0 N–H and O–H groups in total. The van der Waals surface area contributed by atoms with Crippen LogP contribution in [-0.2, 0) is 0 Å². The number of carbonyl (C=O) groups is 2. The fourth-order valence-electron chi connectivity index (χ4n) is 1.64. The molecule has 2 aromatic carbocycles. The normalized spacial score (nSPS) is 10.3. The van der Waals surface area contributed by atoms with E-state index in [0.717, 1.165) is 0 Å². The Bertz CT molecular complexity index is 648. The Hall–Kier alpha value is -1.35. The third-order valence-corrected chi connectivity index (χ3v) is 3.64. The molecule has 19 heavy (non-hydrogen) atoms. The maximum Gasteiger partial charge on any atom is 0.195 e. The van der Waals surface area contributed by atoms with Gasteiger partial charge >= 0.3 is 0 Å². The molecule has 0 fully saturated rings. The average molecular weight is 314 g/mol.